The zero-order valence-corrected chi connectivity index (χ0v) is 13.8. The van der Waals surface area contributed by atoms with Crippen LogP contribution < -0.4 is 5.32 Å². The topological polar surface area (TPSA) is 97.0 Å². The third-order valence-electron chi connectivity index (χ3n) is 4.17. The Bertz CT molecular complexity index is 660. The molecule has 1 saturated heterocycles. The number of rotatable bonds is 5. The quantitative estimate of drug-likeness (QED) is 0.893. The Hall–Kier alpha value is -2.51. The first-order chi connectivity index (χ1) is 11.8. The number of aryl methyl sites for hydroxylation is 1. The van der Waals surface area contributed by atoms with Gasteiger partial charge in [0.05, 0.1) is 0 Å². The second kappa shape index (κ2) is 7.85. The maximum Gasteiger partial charge on any atom is 0.317 e. The molecular formula is C16H22N6O2. The summed E-state index contributed by atoms with van der Waals surface area (Å²) in [6, 6.07) is 1.88. The SMILES string of the molecule is CCc1nc(CCNC(=O)N2CCC[C@H](c3ccncn3)C2)no1. The van der Waals surface area contributed by atoms with E-state index in [2.05, 4.69) is 25.4 Å². The Kier molecular flexibility index (Phi) is 5.35. The summed E-state index contributed by atoms with van der Waals surface area (Å²) in [6.07, 6.45) is 6.62. The first kappa shape index (κ1) is 16.4. The van der Waals surface area contributed by atoms with Gasteiger partial charge in [-0.05, 0) is 18.9 Å². The van der Waals surface area contributed by atoms with Gasteiger partial charge < -0.3 is 14.7 Å². The van der Waals surface area contributed by atoms with Gasteiger partial charge in [0.2, 0.25) is 5.89 Å². The molecule has 0 saturated carbocycles. The fraction of sp³-hybridized carbons (Fsp3) is 0.562. The minimum atomic E-state index is -0.0482. The van der Waals surface area contributed by atoms with E-state index >= 15 is 0 Å². The maximum atomic E-state index is 12.3. The number of piperidine rings is 1. The summed E-state index contributed by atoms with van der Waals surface area (Å²) in [7, 11) is 0. The molecule has 3 rings (SSSR count). The monoisotopic (exact) mass is 330 g/mol. The molecule has 1 aliphatic rings. The Morgan fingerprint density at radius 1 is 1.50 bits per heavy atom. The average molecular weight is 330 g/mol. The van der Waals surface area contributed by atoms with E-state index < -0.39 is 0 Å². The van der Waals surface area contributed by atoms with E-state index in [1.165, 1.54) is 0 Å². The average Bonchev–Trinajstić information content (AvgIpc) is 3.10. The molecule has 2 amide bonds. The van der Waals surface area contributed by atoms with Crippen molar-refractivity contribution in [1.82, 2.24) is 30.3 Å². The highest BCUT2D eigenvalue weighted by molar-refractivity contribution is 5.74. The standard InChI is InChI=1S/C16H22N6O2/c1-2-15-20-14(21-24-15)6-8-18-16(23)22-9-3-4-12(10-22)13-5-7-17-11-19-13/h5,7,11-12H,2-4,6,8-10H2,1H3,(H,18,23)/t12-/m0/s1. The van der Waals surface area contributed by atoms with Crippen LogP contribution in [0.1, 0.15) is 43.1 Å². The molecule has 0 bridgehead atoms. The van der Waals surface area contributed by atoms with E-state index in [1.54, 1.807) is 12.5 Å². The summed E-state index contributed by atoms with van der Waals surface area (Å²) >= 11 is 0. The molecule has 3 heterocycles. The summed E-state index contributed by atoms with van der Waals surface area (Å²) in [4.78, 5) is 26.7. The van der Waals surface area contributed by atoms with Crippen molar-refractivity contribution in [2.45, 2.75) is 38.5 Å². The van der Waals surface area contributed by atoms with Crippen LogP contribution in [0.2, 0.25) is 0 Å². The summed E-state index contributed by atoms with van der Waals surface area (Å²) in [5, 5.41) is 6.82. The predicted octanol–water partition coefficient (Wildman–Crippen LogP) is 1.55. The van der Waals surface area contributed by atoms with Gasteiger partial charge in [-0.3, -0.25) is 0 Å². The van der Waals surface area contributed by atoms with Gasteiger partial charge >= 0.3 is 6.03 Å². The smallest absolute Gasteiger partial charge is 0.317 e. The number of nitrogens with zero attached hydrogens (tertiary/aromatic N) is 5. The van der Waals surface area contributed by atoms with Crippen LogP contribution in [-0.4, -0.2) is 50.7 Å². The molecule has 1 aliphatic heterocycles. The predicted molar refractivity (Wildman–Crippen MR) is 86.4 cm³/mol. The second-order valence-corrected chi connectivity index (χ2v) is 5.86. The lowest BCUT2D eigenvalue weighted by molar-refractivity contribution is 0.179. The van der Waals surface area contributed by atoms with Crippen molar-refractivity contribution in [3.8, 4) is 0 Å². The van der Waals surface area contributed by atoms with Gasteiger partial charge in [-0.1, -0.05) is 12.1 Å². The molecule has 1 atom stereocenters. The number of likely N-dealkylation sites (tertiary alicyclic amines) is 1. The van der Waals surface area contributed by atoms with E-state index in [9.17, 15) is 4.79 Å². The van der Waals surface area contributed by atoms with Crippen molar-refractivity contribution in [3.63, 3.8) is 0 Å². The van der Waals surface area contributed by atoms with Gasteiger partial charge in [-0.15, -0.1) is 0 Å². The Morgan fingerprint density at radius 3 is 3.17 bits per heavy atom. The molecule has 0 radical (unpaired) electrons. The van der Waals surface area contributed by atoms with E-state index in [-0.39, 0.29) is 11.9 Å². The molecule has 1 fully saturated rings. The Balaban J connectivity index is 1.47. The molecule has 8 heteroatoms. The first-order valence-electron chi connectivity index (χ1n) is 8.36. The summed E-state index contributed by atoms with van der Waals surface area (Å²) in [5.74, 6) is 1.53. The lowest BCUT2D eigenvalue weighted by Gasteiger charge is -2.32. The number of hydrogen-bond acceptors (Lipinski definition) is 6. The highest BCUT2D eigenvalue weighted by atomic mass is 16.5. The number of amides is 2. The van der Waals surface area contributed by atoms with E-state index in [4.69, 9.17) is 4.52 Å². The van der Waals surface area contributed by atoms with Crippen molar-refractivity contribution in [2.75, 3.05) is 19.6 Å². The van der Waals surface area contributed by atoms with E-state index in [0.717, 1.165) is 31.5 Å². The summed E-state index contributed by atoms with van der Waals surface area (Å²) in [6.45, 7) is 3.92. The van der Waals surface area contributed by atoms with Crippen LogP contribution in [-0.2, 0) is 12.8 Å². The zero-order valence-electron chi connectivity index (χ0n) is 13.8. The van der Waals surface area contributed by atoms with Crippen LogP contribution in [0.3, 0.4) is 0 Å². The molecule has 0 aliphatic carbocycles. The van der Waals surface area contributed by atoms with Crippen LogP contribution in [0.5, 0.6) is 0 Å². The molecule has 0 unspecified atom stereocenters. The highest BCUT2D eigenvalue weighted by Gasteiger charge is 2.25. The van der Waals surface area contributed by atoms with Crippen LogP contribution in [0, 0.1) is 0 Å². The van der Waals surface area contributed by atoms with Gasteiger partial charge in [0.15, 0.2) is 5.82 Å². The van der Waals surface area contributed by atoms with Crippen LogP contribution >= 0.6 is 0 Å². The minimum absolute atomic E-state index is 0.0482. The third-order valence-corrected chi connectivity index (χ3v) is 4.17. The normalized spacial score (nSPS) is 17.7. The van der Waals surface area contributed by atoms with Crippen molar-refractivity contribution < 1.29 is 9.32 Å². The number of aromatic nitrogens is 4. The third kappa shape index (κ3) is 4.06. The molecule has 1 N–H and O–H groups in total. The number of nitrogens with one attached hydrogen (secondary N) is 1. The molecule has 0 spiro atoms. The summed E-state index contributed by atoms with van der Waals surface area (Å²) in [5.41, 5.74) is 1.00. The fourth-order valence-electron chi connectivity index (χ4n) is 2.87. The van der Waals surface area contributed by atoms with Gasteiger partial charge in [-0.2, -0.15) is 4.98 Å². The number of urea groups is 1. The van der Waals surface area contributed by atoms with Crippen LogP contribution in [0.15, 0.2) is 23.1 Å². The van der Waals surface area contributed by atoms with Gasteiger partial charge in [0.25, 0.3) is 0 Å². The largest absolute Gasteiger partial charge is 0.339 e. The van der Waals surface area contributed by atoms with Crippen LogP contribution in [0.4, 0.5) is 4.79 Å². The zero-order chi connectivity index (χ0) is 16.8. The van der Waals surface area contributed by atoms with E-state index in [1.807, 2.05) is 17.9 Å². The maximum absolute atomic E-state index is 12.3. The fourth-order valence-corrected chi connectivity index (χ4v) is 2.87. The van der Waals surface area contributed by atoms with Crippen LogP contribution in [0.25, 0.3) is 0 Å². The second-order valence-electron chi connectivity index (χ2n) is 5.86. The highest BCUT2D eigenvalue weighted by Crippen LogP contribution is 2.24. The molecular weight excluding hydrogens is 308 g/mol. The number of carbonyl (C=O) groups excluding carboxylic acids is 1. The van der Waals surface area contributed by atoms with Gasteiger partial charge in [0.1, 0.15) is 6.33 Å². The minimum Gasteiger partial charge on any atom is -0.339 e. The Morgan fingerprint density at radius 2 is 2.42 bits per heavy atom. The van der Waals surface area contributed by atoms with E-state index in [0.29, 0.717) is 31.2 Å². The molecule has 2 aromatic rings. The molecule has 0 aromatic carbocycles. The van der Waals surface area contributed by atoms with Crippen molar-refractivity contribution in [2.24, 2.45) is 0 Å². The Labute approximate surface area is 140 Å². The lowest BCUT2D eigenvalue weighted by atomic mass is 9.95. The lowest BCUT2D eigenvalue weighted by Crippen LogP contribution is -2.45. The van der Waals surface area contributed by atoms with Gasteiger partial charge in [-0.25, -0.2) is 14.8 Å². The van der Waals surface area contributed by atoms with Gasteiger partial charge in [0, 0.05) is 50.3 Å². The van der Waals surface area contributed by atoms with Crippen molar-refractivity contribution >= 4 is 6.03 Å². The molecule has 8 nitrogen and oxygen atoms in total. The number of carbonyl (C=O) groups is 1. The number of hydrogen-bond donors (Lipinski definition) is 1. The first-order valence-corrected chi connectivity index (χ1v) is 8.36. The molecule has 2 aromatic heterocycles. The molecule has 24 heavy (non-hydrogen) atoms. The van der Waals surface area contributed by atoms with Crippen molar-refractivity contribution in [1.29, 1.82) is 0 Å². The molecule has 128 valence electrons. The van der Waals surface area contributed by atoms with Crippen molar-refractivity contribution in [3.05, 3.63) is 36.0 Å². The summed E-state index contributed by atoms with van der Waals surface area (Å²) < 4.78 is 5.05.